The SMILES string of the molecule is COc1cc2c(cc1-c1ccccc1)=CC(=O)N=2. The van der Waals surface area contributed by atoms with Gasteiger partial charge in [0.15, 0.2) is 0 Å². The minimum absolute atomic E-state index is 0.211. The molecule has 0 atom stereocenters. The number of fused-ring (bicyclic) bond motifs is 1. The molecule has 1 amide bonds. The maximum atomic E-state index is 11.3. The smallest absolute Gasteiger partial charge is 0.270 e. The molecule has 3 rings (SSSR count). The normalized spacial score (nSPS) is 12.6. The molecule has 3 nitrogen and oxygen atoms in total. The molecule has 0 spiro atoms. The predicted octanol–water partition coefficient (Wildman–Crippen LogP) is 1.30. The van der Waals surface area contributed by atoms with Gasteiger partial charge in [0.05, 0.1) is 12.5 Å². The number of carbonyl (C=O) groups is 1. The predicted molar refractivity (Wildman–Crippen MR) is 68.7 cm³/mol. The van der Waals surface area contributed by atoms with Gasteiger partial charge < -0.3 is 4.74 Å². The Hall–Kier alpha value is -2.42. The summed E-state index contributed by atoms with van der Waals surface area (Å²) in [6, 6.07) is 13.7. The minimum Gasteiger partial charge on any atom is -0.496 e. The van der Waals surface area contributed by atoms with Crippen molar-refractivity contribution in [1.82, 2.24) is 0 Å². The Bertz CT molecular complexity index is 733. The van der Waals surface area contributed by atoms with Crippen LogP contribution in [0.1, 0.15) is 0 Å². The quantitative estimate of drug-likeness (QED) is 0.789. The third-order valence-electron chi connectivity index (χ3n) is 2.94. The Morgan fingerprint density at radius 2 is 1.89 bits per heavy atom. The molecule has 0 unspecified atom stereocenters. The van der Waals surface area contributed by atoms with E-state index in [9.17, 15) is 4.79 Å². The fourth-order valence-electron chi connectivity index (χ4n) is 2.09. The Kier molecular flexibility index (Phi) is 2.45. The van der Waals surface area contributed by atoms with E-state index in [1.165, 1.54) is 0 Å². The molecule has 0 fully saturated rings. The lowest BCUT2D eigenvalue weighted by Gasteiger charge is -2.08. The molecule has 18 heavy (non-hydrogen) atoms. The van der Waals surface area contributed by atoms with E-state index in [0.717, 1.165) is 22.1 Å². The van der Waals surface area contributed by atoms with Crippen LogP contribution in [0.5, 0.6) is 5.75 Å². The maximum Gasteiger partial charge on any atom is 0.270 e. The topological polar surface area (TPSA) is 38.7 Å². The number of benzene rings is 2. The van der Waals surface area contributed by atoms with Crippen LogP contribution in [0.15, 0.2) is 47.5 Å². The van der Waals surface area contributed by atoms with E-state index in [4.69, 9.17) is 4.74 Å². The van der Waals surface area contributed by atoms with Crippen molar-refractivity contribution in [2.24, 2.45) is 4.99 Å². The van der Waals surface area contributed by atoms with Gasteiger partial charge in [-0.15, -0.1) is 0 Å². The van der Waals surface area contributed by atoms with Crippen LogP contribution in [0.2, 0.25) is 0 Å². The van der Waals surface area contributed by atoms with Crippen LogP contribution in [0.3, 0.4) is 0 Å². The summed E-state index contributed by atoms with van der Waals surface area (Å²) in [5.41, 5.74) is 2.03. The van der Waals surface area contributed by atoms with Crippen LogP contribution in [-0.4, -0.2) is 13.0 Å². The van der Waals surface area contributed by atoms with Crippen LogP contribution in [0, 0.1) is 0 Å². The molecule has 88 valence electrons. The first-order chi connectivity index (χ1) is 8.78. The Morgan fingerprint density at radius 3 is 2.61 bits per heavy atom. The number of methoxy groups -OCH3 is 1. The molecule has 1 aliphatic rings. The first-order valence-corrected chi connectivity index (χ1v) is 5.66. The molecule has 0 aliphatic carbocycles. The average Bonchev–Trinajstić information content (AvgIpc) is 2.77. The molecule has 0 saturated carbocycles. The summed E-state index contributed by atoms with van der Waals surface area (Å²) in [6.07, 6.45) is 1.54. The zero-order valence-corrected chi connectivity index (χ0v) is 9.88. The van der Waals surface area contributed by atoms with Crippen molar-refractivity contribution in [2.45, 2.75) is 0 Å². The molecule has 3 heteroatoms. The molecule has 0 N–H and O–H groups in total. The van der Waals surface area contributed by atoms with Crippen molar-refractivity contribution in [3.8, 4) is 16.9 Å². The average molecular weight is 237 g/mol. The number of hydrogen-bond donors (Lipinski definition) is 0. The molecular weight excluding hydrogens is 226 g/mol. The van der Waals surface area contributed by atoms with Gasteiger partial charge >= 0.3 is 0 Å². The summed E-state index contributed by atoms with van der Waals surface area (Å²) in [5, 5.41) is 1.52. The third-order valence-corrected chi connectivity index (χ3v) is 2.94. The monoisotopic (exact) mass is 237 g/mol. The van der Waals surface area contributed by atoms with Gasteiger partial charge in [-0.1, -0.05) is 30.3 Å². The lowest BCUT2D eigenvalue weighted by atomic mass is 10.0. The molecule has 0 aromatic heterocycles. The van der Waals surface area contributed by atoms with E-state index in [0.29, 0.717) is 5.36 Å². The van der Waals surface area contributed by atoms with Gasteiger partial charge in [-0.25, -0.2) is 4.99 Å². The van der Waals surface area contributed by atoms with Crippen molar-refractivity contribution < 1.29 is 9.53 Å². The lowest BCUT2D eigenvalue weighted by Crippen LogP contribution is -2.21. The number of carbonyl (C=O) groups excluding carboxylic acids is 1. The van der Waals surface area contributed by atoms with Gasteiger partial charge in [-0.2, -0.15) is 0 Å². The highest BCUT2D eigenvalue weighted by Crippen LogP contribution is 2.27. The van der Waals surface area contributed by atoms with Crippen LogP contribution in [0.4, 0.5) is 0 Å². The van der Waals surface area contributed by atoms with E-state index in [1.807, 2.05) is 36.4 Å². The lowest BCUT2D eigenvalue weighted by molar-refractivity contribution is -0.112. The van der Waals surface area contributed by atoms with Crippen molar-refractivity contribution >= 4 is 12.0 Å². The van der Waals surface area contributed by atoms with E-state index >= 15 is 0 Å². The van der Waals surface area contributed by atoms with Crippen molar-refractivity contribution in [2.75, 3.05) is 7.11 Å². The van der Waals surface area contributed by atoms with E-state index in [-0.39, 0.29) is 5.91 Å². The van der Waals surface area contributed by atoms with Crippen molar-refractivity contribution in [1.29, 1.82) is 0 Å². The Balaban J connectivity index is 2.29. The summed E-state index contributed by atoms with van der Waals surface area (Å²) in [4.78, 5) is 15.2. The Morgan fingerprint density at radius 1 is 1.11 bits per heavy atom. The van der Waals surface area contributed by atoms with Gasteiger partial charge in [-0.05, 0) is 11.6 Å². The van der Waals surface area contributed by atoms with Gasteiger partial charge in [0.25, 0.3) is 5.91 Å². The molecule has 1 heterocycles. The van der Waals surface area contributed by atoms with Crippen LogP contribution >= 0.6 is 0 Å². The van der Waals surface area contributed by atoms with Gasteiger partial charge in [0.2, 0.25) is 0 Å². The second-order valence-electron chi connectivity index (χ2n) is 4.07. The summed E-state index contributed by atoms with van der Waals surface area (Å²) in [6.45, 7) is 0. The zero-order chi connectivity index (χ0) is 12.5. The molecule has 1 aliphatic heterocycles. The van der Waals surface area contributed by atoms with Crippen molar-refractivity contribution in [3.05, 3.63) is 53.0 Å². The zero-order valence-electron chi connectivity index (χ0n) is 9.88. The summed E-state index contributed by atoms with van der Waals surface area (Å²) < 4.78 is 5.38. The fraction of sp³-hybridized carbons (Fsp3) is 0.0667. The highest BCUT2D eigenvalue weighted by molar-refractivity contribution is 6.06. The summed E-state index contributed by atoms with van der Waals surface area (Å²) >= 11 is 0. The maximum absolute atomic E-state index is 11.3. The van der Waals surface area contributed by atoms with Crippen LogP contribution < -0.4 is 15.3 Å². The molecule has 2 aromatic rings. The Labute approximate surface area is 104 Å². The van der Waals surface area contributed by atoms with Gasteiger partial charge in [-0.3, -0.25) is 4.79 Å². The van der Waals surface area contributed by atoms with Crippen LogP contribution in [0.25, 0.3) is 17.2 Å². The first-order valence-electron chi connectivity index (χ1n) is 5.66. The fourth-order valence-corrected chi connectivity index (χ4v) is 2.09. The largest absolute Gasteiger partial charge is 0.496 e. The highest BCUT2D eigenvalue weighted by atomic mass is 16.5. The molecule has 2 aromatic carbocycles. The number of amides is 1. The molecular formula is C15H11NO2. The van der Waals surface area contributed by atoms with E-state index in [1.54, 1.807) is 19.3 Å². The van der Waals surface area contributed by atoms with Gasteiger partial charge in [0.1, 0.15) is 5.75 Å². The number of hydrogen-bond acceptors (Lipinski definition) is 2. The highest BCUT2D eigenvalue weighted by Gasteiger charge is 2.10. The number of ether oxygens (including phenoxy) is 1. The first kappa shape index (κ1) is 10.7. The summed E-state index contributed by atoms with van der Waals surface area (Å²) in [5.74, 6) is 0.518. The number of rotatable bonds is 2. The second kappa shape index (κ2) is 4.11. The van der Waals surface area contributed by atoms with Crippen molar-refractivity contribution in [3.63, 3.8) is 0 Å². The number of nitrogens with zero attached hydrogens (tertiary/aromatic N) is 1. The minimum atomic E-state index is -0.211. The summed E-state index contributed by atoms with van der Waals surface area (Å²) in [7, 11) is 1.62. The molecule has 0 bridgehead atoms. The molecule has 0 saturated heterocycles. The van der Waals surface area contributed by atoms with E-state index in [2.05, 4.69) is 4.99 Å². The standard InChI is InChI=1S/C15H11NO2/c1-18-14-9-13-11(8-15(17)16-13)7-12(14)10-5-3-2-4-6-10/h2-9H,1H3. The third kappa shape index (κ3) is 1.70. The van der Waals surface area contributed by atoms with Gasteiger partial charge in [0, 0.05) is 22.9 Å². The molecule has 0 radical (unpaired) electrons. The van der Waals surface area contributed by atoms with Crippen LogP contribution in [-0.2, 0) is 4.79 Å². The second-order valence-corrected chi connectivity index (χ2v) is 4.07. The van der Waals surface area contributed by atoms with E-state index < -0.39 is 0 Å².